The first kappa shape index (κ1) is 25.2. The van der Waals surface area contributed by atoms with Gasteiger partial charge in [0.25, 0.3) is 5.88 Å². The summed E-state index contributed by atoms with van der Waals surface area (Å²) in [5, 5.41) is 8.56. The zero-order valence-electron chi connectivity index (χ0n) is 20.5. The van der Waals surface area contributed by atoms with Crippen LogP contribution < -0.4 is 9.47 Å². The zero-order valence-corrected chi connectivity index (χ0v) is 21.3. The molecule has 12 nitrogen and oxygen atoms in total. The maximum atomic E-state index is 13.1. The van der Waals surface area contributed by atoms with E-state index in [1.54, 1.807) is 40.8 Å². The SMILES string of the molecule is CCOc1nccc2c1OC[C@@H](COC)n1c(CS(=O)(=O)CCN3C(=O)N(C)CC[C@@H]3C)nnc1-2. The second kappa shape index (κ2) is 10.4. The van der Waals surface area contributed by atoms with Crippen molar-refractivity contribution >= 4 is 15.9 Å². The van der Waals surface area contributed by atoms with Gasteiger partial charge in [-0.2, -0.15) is 0 Å². The van der Waals surface area contributed by atoms with Crippen molar-refractivity contribution in [2.45, 2.75) is 38.1 Å². The predicted octanol–water partition coefficient (Wildman–Crippen LogP) is 1.38. The molecule has 2 aliphatic heterocycles. The summed E-state index contributed by atoms with van der Waals surface area (Å²) in [5.41, 5.74) is 0.619. The highest BCUT2D eigenvalue weighted by atomic mass is 32.2. The van der Waals surface area contributed by atoms with E-state index in [0.717, 1.165) is 6.42 Å². The summed E-state index contributed by atoms with van der Waals surface area (Å²) in [6.45, 7) is 5.48. The Kier molecular flexibility index (Phi) is 7.45. The van der Waals surface area contributed by atoms with Gasteiger partial charge >= 0.3 is 6.03 Å². The van der Waals surface area contributed by atoms with Gasteiger partial charge in [-0.1, -0.05) is 0 Å². The highest BCUT2D eigenvalue weighted by molar-refractivity contribution is 7.90. The van der Waals surface area contributed by atoms with Crippen LogP contribution in [0.2, 0.25) is 0 Å². The molecular weight excluding hydrogens is 476 g/mol. The summed E-state index contributed by atoms with van der Waals surface area (Å²) in [6, 6.07) is 1.23. The van der Waals surface area contributed by atoms with E-state index in [2.05, 4.69) is 15.2 Å². The molecule has 2 aromatic heterocycles. The molecule has 0 saturated carbocycles. The van der Waals surface area contributed by atoms with E-state index >= 15 is 0 Å². The molecular formula is C22H32N6O6S. The van der Waals surface area contributed by atoms with Crippen molar-refractivity contribution in [3.8, 4) is 23.0 Å². The molecule has 13 heteroatoms. The fraction of sp³-hybridized carbons (Fsp3) is 0.636. The van der Waals surface area contributed by atoms with Gasteiger partial charge < -0.3 is 28.6 Å². The van der Waals surface area contributed by atoms with Crippen LogP contribution in [0.5, 0.6) is 11.6 Å². The number of pyridine rings is 1. The van der Waals surface area contributed by atoms with Gasteiger partial charge in [0, 0.05) is 39.5 Å². The van der Waals surface area contributed by atoms with Gasteiger partial charge in [0.1, 0.15) is 18.2 Å². The monoisotopic (exact) mass is 508 g/mol. The summed E-state index contributed by atoms with van der Waals surface area (Å²) in [7, 11) is -0.306. The number of hydrogen-bond donors (Lipinski definition) is 0. The smallest absolute Gasteiger partial charge is 0.320 e. The standard InChI is InChI=1S/C22H32N6O6S/c1-5-33-21-19-17(6-8-23-21)20-25-24-18(28(20)16(12-32-4)13-34-19)14-35(30,31)11-10-27-15(2)7-9-26(3)22(27)29/h6,8,15-16H,5,7,9-14H2,1-4H3/t15-,16+/m0/s1. The van der Waals surface area contributed by atoms with Crippen LogP contribution in [-0.4, -0.2) is 103 Å². The molecule has 1 saturated heterocycles. The first-order chi connectivity index (χ1) is 16.8. The lowest BCUT2D eigenvalue weighted by Crippen LogP contribution is -2.53. The molecule has 35 heavy (non-hydrogen) atoms. The van der Waals surface area contributed by atoms with Crippen LogP contribution in [0.3, 0.4) is 0 Å². The van der Waals surface area contributed by atoms with Crippen LogP contribution in [-0.2, 0) is 20.3 Å². The number of methoxy groups -OCH3 is 1. The Hall–Kier alpha value is -2.93. The second-order valence-corrected chi connectivity index (χ2v) is 11.0. The summed E-state index contributed by atoms with van der Waals surface area (Å²) in [4.78, 5) is 20.0. The lowest BCUT2D eigenvalue weighted by atomic mass is 10.1. The first-order valence-electron chi connectivity index (χ1n) is 11.7. The van der Waals surface area contributed by atoms with Gasteiger partial charge in [-0.05, 0) is 26.3 Å². The molecule has 2 amide bonds. The number of urea groups is 1. The molecule has 0 aromatic carbocycles. The number of amides is 2. The number of carbonyl (C=O) groups is 1. The third-order valence-electron chi connectivity index (χ3n) is 6.28. The minimum atomic E-state index is -3.60. The van der Waals surface area contributed by atoms with Crippen molar-refractivity contribution in [3.63, 3.8) is 0 Å². The van der Waals surface area contributed by atoms with Crippen LogP contribution in [0.15, 0.2) is 12.3 Å². The number of fused-ring (bicyclic) bond motifs is 3. The summed E-state index contributed by atoms with van der Waals surface area (Å²) < 4.78 is 45.1. The second-order valence-electron chi connectivity index (χ2n) is 8.78. The third kappa shape index (κ3) is 5.20. The molecule has 2 aromatic rings. The fourth-order valence-corrected chi connectivity index (χ4v) is 5.61. The van der Waals surface area contributed by atoms with E-state index in [-0.39, 0.29) is 49.4 Å². The van der Waals surface area contributed by atoms with Crippen LogP contribution in [0, 0.1) is 0 Å². The molecule has 0 spiro atoms. The Morgan fingerprint density at radius 1 is 1.29 bits per heavy atom. The van der Waals surface area contributed by atoms with Gasteiger partial charge in [-0.15, -0.1) is 10.2 Å². The molecule has 2 aliphatic rings. The van der Waals surface area contributed by atoms with Gasteiger partial charge in [-0.3, -0.25) is 0 Å². The number of hydrogen-bond acceptors (Lipinski definition) is 9. The Morgan fingerprint density at radius 3 is 2.83 bits per heavy atom. The number of nitrogens with zero attached hydrogens (tertiary/aromatic N) is 6. The average molecular weight is 509 g/mol. The van der Waals surface area contributed by atoms with Crippen molar-refractivity contribution in [1.29, 1.82) is 0 Å². The molecule has 0 radical (unpaired) electrons. The molecule has 0 unspecified atom stereocenters. The van der Waals surface area contributed by atoms with Crippen molar-refractivity contribution in [2.75, 3.05) is 52.8 Å². The van der Waals surface area contributed by atoms with Crippen LogP contribution in [0.4, 0.5) is 4.79 Å². The van der Waals surface area contributed by atoms with Gasteiger partial charge in [0.2, 0.25) is 0 Å². The highest BCUT2D eigenvalue weighted by Gasteiger charge is 2.33. The molecule has 192 valence electrons. The predicted molar refractivity (Wildman–Crippen MR) is 127 cm³/mol. The van der Waals surface area contributed by atoms with Gasteiger partial charge in [0.05, 0.1) is 30.6 Å². The summed E-state index contributed by atoms with van der Waals surface area (Å²) in [5.74, 6) is 1.07. The molecule has 0 aliphatic carbocycles. The maximum absolute atomic E-state index is 13.1. The number of sulfone groups is 1. The zero-order chi connectivity index (χ0) is 25.2. The quantitative estimate of drug-likeness (QED) is 0.493. The lowest BCUT2D eigenvalue weighted by Gasteiger charge is -2.38. The first-order valence-corrected chi connectivity index (χ1v) is 13.5. The Balaban J connectivity index is 1.61. The molecule has 0 bridgehead atoms. The number of ether oxygens (including phenoxy) is 3. The van der Waals surface area contributed by atoms with Crippen LogP contribution >= 0.6 is 0 Å². The van der Waals surface area contributed by atoms with E-state index in [1.807, 2.05) is 13.8 Å². The van der Waals surface area contributed by atoms with E-state index in [4.69, 9.17) is 14.2 Å². The largest absolute Gasteiger partial charge is 0.485 e. The van der Waals surface area contributed by atoms with Crippen molar-refractivity contribution in [2.24, 2.45) is 0 Å². The van der Waals surface area contributed by atoms with E-state index in [9.17, 15) is 13.2 Å². The number of aromatic nitrogens is 4. The fourth-order valence-electron chi connectivity index (χ4n) is 4.40. The van der Waals surface area contributed by atoms with Gasteiger partial charge in [-0.25, -0.2) is 18.2 Å². The maximum Gasteiger partial charge on any atom is 0.320 e. The van der Waals surface area contributed by atoms with Gasteiger partial charge in [0.15, 0.2) is 21.4 Å². The van der Waals surface area contributed by atoms with E-state index < -0.39 is 9.84 Å². The number of rotatable bonds is 9. The molecule has 2 atom stereocenters. The highest BCUT2D eigenvalue weighted by Crippen LogP contribution is 2.40. The normalized spacial score (nSPS) is 20.2. The number of carbonyl (C=O) groups excluding carboxylic acids is 1. The summed E-state index contributed by atoms with van der Waals surface area (Å²) >= 11 is 0. The molecule has 0 N–H and O–H groups in total. The van der Waals surface area contributed by atoms with Crippen LogP contribution in [0.25, 0.3) is 11.4 Å². The third-order valence-corrected chi connectivity index (χ3v) is 7.79. The average Bonchev–Trinajstić information content (AvgIpc) is 3.14. The minimum Gasteiger partial charge on any atom is -0.485 e. The Morgan fingerprint density at radius 2 is 2.09 bits per heavy atom. The van der Waals surface area contributed by atoms with Crippen molar-refractivity contribution in [1.82, 2.24) is 29.5 Å². The lowest BCUT2D eigenvalue weighted by molar-refractivity contribution is 0.118. The van der Waals surface area contributed by atoms with E-state index in [0.29, 0.717) is 42.0 Å². The van der Waals surface area contributed by atoms with Crippen molar-refractivity contribution < 1.29 is 27.4 Å². The molecule has 1 fully saturated rings. The molecule has 4 rings (SSSR count). The minimum absolute atomic E-state index is 0.00820. The van der Waals surface area contributed by atoms with E-state index in [1.165, 1.54) is 0 Å². The Bertz CT molecular complexity index is 1170. The van der Waals surface area contributed by atoms with Crippen molar-refractivity contribution in [3.05, 3.63) is 18.1 Å². The Labute approximate surface area is 205 Å². The molecule has 4 heterocycles. The van der Waals surface area contributed by atoms with Crippen LogP contribution in [0.1, 0.15) is 32.1 Å². The summed E-state index contributed by atoms with van der Waals surface area (Å²) in [6.07, 6.45) is 2.39. The topological polar surface area (TPSA) is 129 Å².